The Balaban J connectivity index is 1.50. The highest BCUT2D eigenvalue weighted by molar-refractivity contribution is 6.30. The summed E-state index contributed by atoms with van der Waals surface area (Å²) >= 11 is 6.51. The quantitative estimate of drug-likeness (QED) is 0.344. The maximum absolute atomic E-state index is 14.0. The molecule has 6 rings (SSSR count). The number of aromatic nitrogens is 4. The summed E-state index contributed by atoms with van der Waals surface area (Å²) in [7, 11) is 0. The highest BCUT2D eigenvalue weighted by Crippen LogP contribution is 2.55. The molecule has 2 aromatic carbocycles. The van der Waals surface area contributed by atoms with Gasteiger partial charge in [-0.05, 0) is 70.3 Å². The fourth-order valence-electron chi connectivity index (χ4n) is 5.81. The minimum absolute atomic E-state index is 0.133. The van der Waals surface area contributed by atoms with Crippen molar-refractivity contribution in [3.8, 4) is 12.3 Å². The van der Waals surface area contributed by atoms with E-state index in [4.69, 9.17) is 18.0 Å². The number of alkyl halides is 3. The Morgan fingerprint density at radius 1 is 1.05 bits per heavy atom. The maximum atomic E-state index is 14.0. The summed E-state index contributed by atoms with van der Waals surface area (Å²) in [6, 6.07) is 10.8. The SMILES string of the molecule is C#CCN1CCC2(CC1)c1cc(Cl)ccc1N(CCc1nnn[nH]1)c1ccc(C3(C(F)(F)F)NN3)cc12. The van der Waals surface area contributed by atoms with Crippen LogP contribution in [-0.4, -0.2) is 57.9 Å². The van der Waals surface area contributed by atoms with Crippen LogP contribution in [0.2, 0.25) is 5.02 Å². The van der Waals surface area contributed by atoms with Crippen molar-refractivity contribution in [1.29, 1.82) is 0 Å². The Bertz CT molecular complexity index is 1360. The Labute approximate surface area is 216 Å². The summed E-state index contributed by atoms with van der Waals surface area (Å²) in [5.74, 6) is 3.33. The number of aromatic amines is 1. The van der Waals surface area contributed by atoms with Crippen molar-refractivity contribution in [2.24, 2.45) is 0 Å². The number of tetrazole rings is 1. The Hall–Kier alpha value is -3.17. The van der Waals surface area contributed by atoms with Crippen molar-refractivity contribution in [3.05, 3.63) is 63.9 Å². The van der Waals surface area contributed by atoms with Crippen molar-refractivity contribution >= 4 is 23.0 Å². The van der Waals surface area contributed by atoms with Crippen molar-refractivity contribution in [1.82, 2.24) is 36.4 Å². The number of terminal acetylenes is 1. The minimum Gasteiger partial charge on any atom is -0.341 e. The summed E-state index contributed by atoms with van der Waals surface area (Å²) in [4.78, 5) is 4.32. The van der Waals surface area contributed by atoms with Gasteiger partial charge in [0, 0.05) is 47.9 Å². The third kappa shape index (κ3) is 3.87. The first-order chi connectivity index (χ1) is 17.8. The van der Waals surface area contributed by atoms with E-state index in [1.54, 1.807) is 18.2 Å². The number of hydrogen-bond acceptors (Lipinski definition) is 7. The number of hydrazine groups is 1. The van der Waals surface area contributed by atoms with Gasteiger partial charge in [-0.3, -0.25) is 4.90 Å². The first-order valence-electron chi connectivity index (χ1n) is 12.0. The first-order valence-corrected chi connectivity index (χ1v) is 12.4. The summed E-state index contributed by atoms with van der Waals surface area (Å²) in [5, 5.41) is 14.7. The van der Waals surface area contributed by atoms with Gasteiger partial charge in [-0.1, -0.05) is 23.6 Å². The smallest absolute Gasteiger partial charge is 0.341 e. The highest BCUT2D eigenvalue weighted by atomic mass is 35.5. The lowest BCUT2D eigenvalue weighted by atomic mass is 9.64. The van der Waals surface area contributed by atoms with Gasteiger partial charge in [0.2, 0.25) is 5.66 Å². The number of likely N-dealkylation sites (tertiary alicyclic amines) is 1. The summed E-state index contributed by atoms with van der Waals surface area (Å²) in [6.45, 7) is 2.51. The lowest BCUT2D eigenvalue weighted by molar-refractivity contribution is -0.165. The Kier molecular flexibility index (Phi) is 5.69. The van der Waals surface area contributed by atoms with Crippen LogP contribution >= 0.6 is 11.6 Å². The van der Waals surface area contributed by atoms with Crippen LogP contribution in [0.15, 0.2) is 36.4 Å². The topological polar surface area (TPSA) is 105 Å². The van der Waals surface area contributed by atoms with E-state index in [1.807, 2.05) is 18.2 Å². The van der Waals surface area contributed by atoms with Gasteiger partial charge in [0.1, 0.15) is 5.82 Å². The molecule has 0 amide bonds. The lowest BCUT2D eigenvalue weighted by Gasteiger charge is -2.49. The molecule has 3 aliphatic heterocycles. The van der Waals surface area contributed by atoms with Crippen molar-refractivity contribution < 1.29 is 13.2 Å². The molecule has 3 aliphatic rings. The molecule has 2 saturated heterocycles. The zero-order chi connectivity index (χ0) is 25.8. The van der Waals surface area contributed by atoms with E-state index in [0.29, 0.717) is 43.2 Å². The average molecular weight is 529 g/mol. The Morgan fingerprint density at radius 2 is 1.76 bits per heavy atom. The second-order valence-electron chi connectivity index (χ2n) is 9.70. The summed E-state index contributed by atoms with van der Waals surface area (Å²) in [5.41, 5.74) is 5.78. The standard InChI is InChI=1S/C25H24ClF3N8/c1-2-10-36-12-8-23(9-13-36)18-14-16(24(32-33-24)25(27,28)29)3-5-20(18)37(11-7-22-30-34-35-31-22)21-6-4-17(26)15-19(21)23/h1,3-6,14-15,32-33H,7-13H2,(H,30,31,34,35). The van der Waals surface area contributed by atoms with Crippen LogP contribution < -0.4 is 15.8 Å². The molecule has 3 N–H and O–H groups in total. The number of nitrogens with zero attached hydrogens (tertiary/aromatic N) is 5. The monoisotopic (exact) mass is 528 g/mol. The van der Waals surface area contributed by atoms with E-state index in [1.165, 1.54) is 0 Å². The zero-order valence-electron chi connectivity index (χ0n) is 19.7. The van der Waals surface area contributed by atoms with Gasteiger partial charge in [0.15, 0.2) is 0 Å². The number of anilines is 2. The van der Waals surface area contributed by atoms with E-state index >= 15 is 0 Å². The van der Waals surface area contributed by atoms with Gasteiger partial charge >= 0.3 is 6.18 Å². The number of nitrogens with one attached hydrogen (secondary N) is 3. The molecule has 192 valence electrons. The predicted octanol–water partition coefficient (Wildman–Crippen LogP) is 3.39. The van der Waals surface area contributed by atoms with Crippen LogP contribution in [0.25, 0.3) is 0 Å². The van der Waals surface area contributed by atoms with Crippen molar-refractivity contribution in [2.45, 2.75) is 36.5 Å². The van der Waals surface area contributed by atoms with Crippen LogP contribution in [-0.2, 0) is 17.5 Å². The zero-order valence-corrected chi connectivity index (χ0v) is 20.5. The van der Waals surface area contributed by atoms with Gasteiger partial charge in [-0.15, -0.1) is 11.5 Å². The molecule has 0 radical (unpaired) electrons. The van der Waals surface area contributed by atoms with Gasteiger partial charge in [0.05, 0.1) is 6.54 Å². The van der Waals surface area contributed by atoms with Gasteiger partial charge in [0.25, 0.3) is 0 Å². The molecule has 0 aliphatic carbocycles. The van der Waals surface area contributed by atoms with Crippen molar-refractivity contribution in [3.63, 3.8) is 0 Å². The van der Waals surface area contributed by atoms with Crippen LogP contribution in [0.1, 0.15) is 35.4 Å². The van der Waals surface area contributed by atoms with Gasteiger partial charge < -0.3 is 4.90 Å². The number of halogens is 4. The van der Waals surface area contributed by atoms with E-state index in [2.05, 4.69) is 47.2 Å². The third-order valence-electron chi connectivity index (χ3n) is 7.79. The van der Waals surface area contributed by atoms with Crippen LogP contribution in [0.3, 0.4) is 0 Å². The molecule has 0 unspecified atom stereocenters. The van der Waals surface area contributed by atoms with E-state index in [-0.39, 0.29) is 5.56 Å². The maximum Gasteiger partial charge on any atom is 0.426 e. The molecular weight excluding hydrogens is 505 g/mol. The molecule has 0 bridgehead atoms. The number of piperidine rings is 1. The molecule has 2 fully saturated rings. The van der Waals surface area contributed by atoms with Gasteiger partial charge in [-0.2, -0.15) is 13.2 Å². The average Bonchev–Trinajstić information content (AvgIpc) is 3.55. The fourth-order valence-corrected chi connectivity index (χ4v) is 5.98. The Morgan fingerprint density at radius 3 is 2.38 bits per heavy atom. The number of hydrogen-bond donors (Lipinski definition) is 3. The van der Waals surface area contributed by atoms with E-state index in [0.717, 1.165) is 35.6 Å². The van der Waals surface area contributed by atoms with Gasteiger partial charge in [-0.25, -0.2) is 16.0 Å². The molecule has 0 saturated carbocycles. The number of H-pyrrole nitrogens is 1. The molecule has 8 nitrogen and oxygen atoms in total. The molecule has 4 heterocycles. The van der Waals surface area contributed by atoms with Crippen LogP contribution in [0.5, 0.6) is 0 Å². The fraction of sp³-hybridized carbons (Fsp3) is 0.400. The van der Waals surface area contributed by atoms with Crippen LogP contribution in [0, 0.1) is 12.3 Å². The normalized spacial score (nSPS) is 19.8. The second-order valence-corrected chi connectivity index (χ2v) is 10.1. The largest absolute Gasteiger partial charge is 0.426 e. The third-order valence-corrected chi connectivity index (χ3v) is 8.02. The number of benzene rings is 2. The summed E-state index contributed by atoms with van der Waals surface area (Å²) in [6.07, 6.45) is 2.99. The molecule has 37 heavy (non-hydrogen) atoms. The molecule has 12 heteroatoms. The van der Waals surface area contributed by atoms with E-state index < -0.39 is 17.3 Å². The lowest BCUT2D eigenvalue weighted by Crippen LogP contribution is -2.47. The molecule has 0 atom stereocenters. The minimum atomic E-state index is -4.50. The highest BCUT2D eigenvalue weighted by Gasteiger charge is 2.65. The second kappa shape index (κ2) is 8.70. The van der Waals surface area contributed by atoms with Crippen molar-refractivity contribution in [2.75, 3.05) is 31.1 Å². The first kappa shape index (κ1) is 24.2. The molecule has 3 aromatic rings. The molecule has 1 spiro atoms. The predicted molar refractivity (Wildman–Crippen MR) is 132 cm³/mol. The molecular formula is C25H24ClF3N8. The number of fused-ring (bicyclic) bond motifs is 4. The van der Waals surface area contributed by atoms with Crippen LogP contribution in [0.4, 0.5) is 24.5 Å². The molecule has 1 aromatic heterocycles. The summed E-state index contributed by atoms with van der Waals surface area (Å²) < 4.78 is 42.1. The number of rotatable bonds is 5. The van der Waals surface area contributed by atoms with E-state index in [9.17, 15) is 13.2 Å².